The van der Waals surface area contributed by atoms with Crippen molar-refractivity contribution >= 4 is 5.91 Å². The van der Waals surface area contributed by atoms with Gasteiger partial charge in [0.05, 0.1) is 11.7 Å². The summed E-state index contributed by atoms with van der Waals surface area (Å²) in [5.74, 6) is -0.886. The number of fused-ring (bicyclic) bond motifs is 3. The molecule has 1 aliphatic carbocycles. The number of hydrogen-bond acceptors (Lipinski definition) is 2. The second-order valence-corrected chi connectivity index (χ2v) is 4.88. The van der Waals surface area contributed by atoms with Crippen LogP contribution < -0.4 is 0 Å². The molecule has 0 saturated carbocycles. The molecule has 1 aromatic rings. The quantitative estimate of drug-likeness (QED) is 0.732. The molecule has 0 bridgehead atoms. The Morgan fingerprint density at radius 2 is 2.21 bits per heavy atom. The molecule has 2 unspecified atom stereocenters. The van der Waals surface area contributed by atoms with Crippen LogP contribution in [0.1, 0.15) is 17.3 Å². The first kappa shape index (κ1) is 12.2. The Morgan fingerprint density at radius 1 is 1.47 bits per heavy atom. The van der Waals surface area contributed by atoms with E-state index >= 15 is 0 Å². The van der Waals surface area contributed by atoms with Crippen molar-refractivity contribution < 1.29 is 18.0 Å². The lowest BCUT2D eigenvalue weighted by molar-refractivity contribution is -0.160. The number of pyridine rings is 1. The van der Waals surface area contributed by atoms with Crippen LogP contribution in [-0.4, -0.2) is 28.5 Å². The van der Waals surface area contributed by atoms with Crippen LogP contribution in [0.5, 0.6) is 0 Å². The second kappa shape index (κ2) is 3.82. The van der Waals surface area contributed by atoms with Crippen molar-refractivity contribution in [3.63, 3.8) is 0 Å². The first-order valence-corrected chi connectivity index (χ1v) is 5.89. The molecule has 1 fully saturated rings. The third-order valence-electron chi connectivity index (χ3n) is 3.70. The largest absolute Gasteiger partial charge is 0.406 e. The third kappa shape index (κ3) is 1.82. The Kier molecular flexibility index (Phi) is 2.45. The van der Waals surface area contributed by atoms with Crippen LogP contribution in [0.3, 0.4) is 0 Å². The molecule has 6 heteroatoms. The Hall–Kier alpha value is -1.85. The average Bonchev–Trinajstić information content (AvgIpc) is 2.80. The first-order chi connectivity index (χ1) is 8.88. The molecule has 3 nitrogen and oxygen atoms in total. The molecule has 0 aromatic carbocycles. The number of carbonyl (C=O) groups is 1. The zero-order valence-electron chi connectivity index (χ0n) is 9.94. The highest BCUT2D eigenvalue weighted by Gasteiger charge is 2.51. The van der Waals surface area contributed by atoms with E-state index in [9.17, 15) is 18.0 Å². The number of hydrogen-bond donors (Lipinski definition) is 0. The molecule has 0 radical (unpaired) electrons. The SMILES string of the molecule is C=C1C(=O)N(CC(F)(F)F)C2c3ncccc3CC12. The minimum Gasteiger partial charge on any atom is -0.321 e. The zero-order valence-corrected chi connectivity index (χ0v) is 9.94. The minimum atomic E-state index is -4.41. The molecule has 0 spiro atoms. The fraction of sp³-hybridized carbons (Fsp3) is 0.385. The number of alkyl halides is 3. The van der Waals surface area contributed by atoms with Crippen molar-refractivity contribution in [3.8, 4) is 0 Å². The smallest absolute Gasteiger partial charge is 0.321 e. The molecular formula is C13H11F3N2O. The van der Waals surface area contributed by atoms with Gasteiger partial charge < -0.3 is 4.90 Å². The van der Waals surface area contributed by atoms with E-state index in [4.69, 9.17) is 0 Å². The highest BCUT2D eigenvalue weighted by molar-refractivity contribution is 5.97. The highest BCUT2D eigenvalue weighted by atomic mass is 19.4. The summed E-state index contributed by atoms with van der Waals surface area (Å²) in [6.07, 6.45) is -2.34. The van der Waals surface area contributed by atoms with Crippen molar-refractivity contribution in [1.82, 2.24) is 9.88 Å². The molecule has 1 aliphatic heterocycles. The van der Waals surface area contributed by atoms with E-state index in [1.807, 2.05) is 6.07 Å². The fourth-order valence-electron chi connectivity index (χ4n) is 2.94. The van der Waals surface area contributed by atoms with Crippen molar-refractivity contribution in [2.24, 2.45) is 5.92 Å². The summed E-state index contributed by atoms with van der Waals surface area (Å²) in [5.41, 5.74) is 1.73. The summed E-state index contributed by atoms with van der Waals surface area (Å²) >= 11 is 0. The molecule has 0 N–H and O–H groups in total. The van der Waals surface area contributed by atoms with E-state index in [1.165, 1.54) is 0 Å². The van der Waals surface area contributed by atoms with Gasteiger partial charge in [-0.3, -0.25) is 9.78 Å². The van der Waals surface area contributed by atoms with Crippen LogP contribution >= 0.6 is 0 Å². The topological polar surface area (TPSA) is 33.2 Å². The Morgan fingerprint density at radius 3 is 2.89 bits per heavy atom. The molecular weight excluding hydrogens is 257 g/mol. The Labute approximate surface area is 107 Å². The number of carbonyl (C=O) groups excluding carboxylic acids is 1. The van der Waals surface area contributed by atoms with Gasteiger partial charge >= 0.3 is 6.18 Å². The zero-order chi connectivity index (χ0) is 13.8. The minimum absolute atomic E-state index is 0.257. The van der Waals surface area contributed by atoms with Gasteiger partial charge in [-0.1, -0.05) is 12.6 Å². The predicted octanol–water partition coefficient (Wildman–Crippen LogP) is 2.26. The summed E-state index contributed by atoms with van der Waals surface area (Å²) in [6, 6.07) is 2.97. The lowest BCUT2D eigenvalue weighted by Gasteiger charge is -2.24. The normalized spacial score (nSPS) is 25.7. The third-order valence-corrected chi connectivity index (χ3v) is 3.70. The Balaban J connectivity index is 2.02. The second-order valence-electron chi connectivity index (χ2n) is 4.88. The van der Waals surface area contributed by atoms with Crippen molar-refractivity contribution in [2.45, 2.75) is 18.6 Å². The summed E-state index contributed by atoms with van der Waals surface area (Å²) in [4.78, 5) is 16.9. The molecule has 1 saturated heterocycles. The van der Waals surface area contributed by atoms with Gasteiger partial charge in [0.1, 0.15) is 6.54 Å². The molecule has 1 aromatic heterocycles. The van der Waals surface area contributed by atoms with Crippen LogP contribution in [0.2, 0.25) is 0 Å². The fourth-order valence-corrected chi connectivity index (χ4v) is 2.94. The standard InChI is InChI=1S/C13H11F3N2O/c1-7-9-5-8-3-2-4-17-10(8)11(9)18(12(7)19)6-13(14,15)16/h2-4,9,11H,1,5-6H2. The monoisotopic (exact) mass is 268 g/mol. The molecule has 2 heterocycles. The Bertz CT molecular complexity index is 567. The van der Waals surface area contributed by atoms with E-state index in [2.05, 4.69) is 11.6 Å². The maximum Gasteiger partial charge on any atom is 0.406 e. The van der Waals surface area contributed by atoms with Gasteiger partial charge in [-0.25, -0.2) is 0 Å². The van der Waals surface area contributed by atoms with Crippen LogP contribution in [0, 0.1) is 5.92 Å². The van der Waals surface area contributed by atoms with Crippen molar-refractivity contribution in [1.29, 1.82) is 0 Å². The highest BCUT2D eigenvalue weighted by Crippen LogP contribution is 2.48. The van der Waals surface area contributed by atoms with Crippen LogP contribution in [0.4, 0.5) is 13.2 Å². The maximum absolute atomic E-state index is 12.6. The van der Waals surface area contributed by atoms with Gasteiger partial charge in [0.15, 0.2) is 0 Å². The maximum atomic E-state index is 12.6. The number of halogens is 3. The van der Waals surface area contributed by atoms with Gasteiger partial charge in [0.25, 0.3) is 0 Å². The van der Waals surface area contributed by atoms with Crippen LogP contribution in [0.25, 0.3) is 0 Å². The summed E-state index contributed by atoms with van der Waals surface area (Å²) < 4.78 is 37.8. The summed E-state index contributed by atoms with van der Waals surface area (Å²) in [7, 11) is 0. The molecule has 2 atom stereocenters. The van der Waals surface area contributed by atoms with Crippen LogP contribution in [-0.2, 0) is 11.2 Å². The summed E-state index contributed by atoms with van der Waals surface area (Å²) in [6.45, 7) is 2.41. The predicted molar refractivity (Wildman–Crippen MR) is 61.1 cm³/mol. The van der Waals surface area contributed by atoms with E-state index in [1.54, 1.807) is 12.3 Å². The van der Waals surface area contributed by atoms with E-state index < -0.39 is 24.7 Å². The number of aromatic nitrogens is 1. The molecule has 100 valence electrons. The van der Waals surface area contributed by atoms with Crippen molar-refractivity contribution in [2.75, 3.05) is 6.54 Å². The molecule has 1 amide bonds. The lowest BCUT2D eigenvalue weighted by atomic mass is 9.98. The summed E-state index contributed by atoms with van der Waals surface area (Å²) in [5, 5.41) is 0. The number of nitrogens with zero attached hydrogens (tertiary/aromatic N) is 2. The first-order valence-electron chi connectivity index (χ1n) is 5.89. The van der Waals surface area contributed by atoms with Gasteiger partial charge in [0, 0.05) is 17.7 Å². The van der Waals surface area contributed by atoms with E-state index in [0.29, 0.717) is 12.1 Å². The van der Waals surface area contributed by atoms with Crippen molar-refractivity contribution in [3.05, 3.63) is 41.7 Å². The molecule has 19 heavy (non-hydrogen) atoms. The number of rotatable bonds is 1. The van der Waals surface area contributed by atoms with E-state index in [0.717, 1.165) is 10.5 Å². The molecule has 3 rings (SSSR count). The average molecular weight is 268 g/mol. The molecule has 2 aliphatic rings. The van der Waals surface area contributed by atoms with Gasteiger partial charge in [-0.05, 0) is 18.1 Å². The van der Waals surface area contributed by atoms with Gasteiger partial charge in [0.2, 0.25) is 5.91 Å². The number of likely N-dealkylation sites (tertiary alicyclic amines) is 1. The van der Waals surface area contributed by atoms with Gasteiger partial charge in [-0.15, -0.1) is 0 Å². The van der Waals surface area contributed by atoms with E-state index in [-0.39, 0.29) is 11.5 Å². The van der Waals surface area contributed by atoms with Gasteiger partial charge in [-0.2, -0.15) is 13.2 Å². The lowest BCUT2D eigenvalue weighted by Crippen LogP contribution is -2.37. The number of amides is 1. The van der Waals surface area contributed by atoms with Crippen LogP contribution in [0.15, 0.2) is 30.5 Å².